The van der Waals surface area contributed by atoms with E-state index < -0.39 is 0 Å². The molecule has 6 nitrogen and oxygen atoms in total. The molecule has 8 heteroatoms. The van der Waals surface area contributed by atoms with Crippen LogP contribution in [-0.4, -0.2) is 26.5 Å². The lowest BCUT2D eigenvalue weighted by molar-refractivity contribution is 0.0941. The van der Waals surface area contributed by atoms with Crippen molar-refractivity contribution in [3.05, 3.63) is 58.1 Å². The molecule has 4 rings (SSSR count). The van der Waals surface area contributed by atoms with Gasteiger partial charge in [0.05, 0.1) is 21.7 Å². The van der Waals surface area contributed by atoms with E-state index >= 15 is 0 Å². The Labute approximate surface area is 177 Å². The number of hydrogen-bond acceptors (Lipinski definition) is 4. The van der Waals surface area contributed by atoms with Gasteiger partial charge in [0, 0.05) is 11.1 Å². The molecule has 0 spiro atoms. The molecule has 148 valence electrons. The van der Waals surface area contributed by atoms with Gasteiger partial charge in [0.25, 0.3) is 5.91 Å². The summed E-state index contributed by atoms with van der Waals surface area (Å²) in [6.07, 6.45) is 0.791. The van der Waals surface area contributed by atoms with Crippen LogP contribution in [0.5, 0.6) is 0 Å². The minimum atomic E-state index is -0.302. The number of hydrogen-bond donors (Lipinski definition) is 2. The number of benzene rings is 2. The van der Waals surface area contributed by atoms with Crippen molar-refractivity contribution in [3.8, 4) is 5.69 Å². The number of carbonyl (C=O) groups is 1. The molecule has 0 radical (unpaired) electrons. The van der Waals surface area contributed by atoms with E-state index in [2.05, 4.69) is 5.32 Å². The van der Waals surface area contributed by atoms with Gasteiger partial charge in [-0.25, -0.2) is 9.97 Å². The third-order valence-electron chi connectivity index (χ3n) is 4.86. The van der Waals surface area contributed by atoms with Crippen LogP contribution >= 0.6 is 23.2 Å². The highest BCUT2D eigenvalue weighted by Crippen LogP contribution is 2.34. The summed E-state index contributed by atoms with van der Waals surface area (Å²) in [5.41, 5.74) is 9.49. The summed E-state index contributed by atoms with van der Waals surface area (Å²) in [6, 6.07) is 12.5. The van der Waals surface area contributed by atoms with Crippen LogP contribution in [0.2, 0.25) is 10.0 Å². The average molecular weight is 428 g/mol. The molecule has 0 fully saturated rings. The summed E-state index contributed by atoms with van der Waals surface area (Å²) in [4.78, 5) is 22.5. The SMILES string of the molecule is CC[C@@H](C)NC(=O)c1c(N)n(-c2cc(Cl)ccc2Cl)c2nc3ccccc3nc12. The number of nitrogens with zero attached hydrogens (tertiary/aromatic N) is 3. The molecule has 29 heavy (non-hydrogen) atoms. The van der Waals surface area contributed by atoms with Crippen molar-refractivity contribution in [2.24, 2.45) is 0 Å². The third-order valence-corrected chi connectivity index (χ3v) is 5.42. The molecule has 0 aliphatic rings. The number of anilines is 1. The van der Waals surface area contributed by atoms with Crippen molar-refractivity contribution in [2.75, 3.05) is 5.73 Å². The Morgan fingerprint density at radius 3 is 2.55 bits per heavy atom. The first-order valence-corrected chi connectivity index (χ1v) is 9.99. The van der Waals surface area contributed by atoms with E-state index in [0.717, 1.165) is 6.42 Å². The van der Waals surface area contributed by atoms with Crippen molar-refractivity contribution in [3.63, 3.8) is 0 Å². The number of fused-ring (bicyclic) bond motifs is 2. The molecular formula is C21H19Cl2N5O. The van der Waals surface area contributed by atoms with E-state index in [0.29, 0.717) is 37.9 Å². The van der Waals surface area contributed by atoms with Crippen LogP contribution in [0.25, 0.3) is 27.9 Å². The topological polar surface area (TPSA) is 85.8 Å². The molecule has 0 saturated heterocycles. The number of aromatic nitrogens is 3. The van der Waals surface area contributed by atoms with Gasteiger partial charge < -0.3 is 11.1 Å². The number of carbonyl (C=O) groups excluding carboxylic acids is 1. The van der Waals surface area contributed by atoms with Crippen LogP contribution in [0.1, 0.15) is 30.6 Å². The molecule has 2 heterocycles. The Balaban J connectivity index is 2.07. The lowest BCUT2D eigenvalue weighted by Crippen LogP contribution is -2.32. The van der Waals surface area contributed by atoms with Crippen molar-refractivity contribution in [1.82, 2.24) is 19.9 Å². The highest BCUT2D eigenvalue weighted by atomic mass is 35.5. The van der Waals surface area contributed by atoms with E-state index in [-0.39, 0.29) is 23.3 Å². The van der Waals surface area contributed by atoms with Crippen LogP contribution in [0, 0.1) is 0 Å². The number of nitrogens with one attached hydrogen (secondary N) is 1. The fraction of sp³-hybridized carbons (Fsp3) is 0.190. The van der Waals surface area contributed by atoms with E-state index in [1.807, 2.05) is 38.1 Å². The first-order valence-electron chi connectivity index (χ1n) is 9.23. The number of halogens is 2. The van der Waals surface area contributed by atoms with Gasteiger partial charge in [0.15, 0.2) is 5.65 Å². The molecule has 1 amide bonds. The third kappa shape index (κ3) is 3.39. The second-order valence-corrected chi connectivity index (χ2v) is 7.70. The van der Waals surface area contributed by atoms with E-state index in [1.54, 1.807) is 22.8 Å². The van der Waals surface area contributed by atoms with Crippen molar-refractivity contribution >= 4 is 57.1 Å². The van der Waals surface area contributed by atoms with Crippen LogP contribution in [-0.2, 0) is 0 Å². The first kappa shape index (κ1) is 19.5. The van der Waals surface area contributed by atoms with Gasteiger partial charge in [-0.15, -0.1) is 0 Å². The van der Waals surface area contributed by atoms with Gasteiger partial charge in [-0.3, -0.25) is 9.36 Å². The quantitative estimate of drug-likeness (QED) is 0.480. The van der Waals surface area contributed by atoms with Crippen molar-refractivity contribution in [2.45, 2.75) is 26.3 Å². The van der Waals surface area contributed by atoms with Gasteiger partial charge in [0.2, 0.25) is 0 Å². The predicted octanol–water partition coefficient (Wildman–Crippen LogP) is 4.99. The average Bonchev–Trinajstić information content (AvgIpc) is 2.98. The second kappa shape index (κ2) is 7.54. The maximum atomic E-state index is 13.1. The maximum absolute atomic E-state index is 13.1. The Hall–Kier alpha value is -2.83. The summed E-state index contributed by atoms with van der Waals surface area (Å²) in [5.74, 6) is -0.0939. The zero-order valence-corrected chi connectivity index (χ0v) is 17.4. The lowest BCUT2D eigenvalue weighted by Gasteiger charge is -2.12. The normalized spacial score (nSPS) is 12.4. The standard InChI is InChI=1S/C21H19Cl2N5O/c1-3-11(2)25-21(29)17-18-20(27-15-7-5-4-6-14(15)26-18)28(19(17)24)16-10-12(22)8-9-13(16)23/h4-11H,3,24H2,1-2H3,(H,25,29)/t11-/m1/s1. The van der Waals surface area contributed by atoms with E-state index in [9.17, 15) is 4.79 Å². The Bertz CT molecular complexity index is 1250. The van der Waals surface area contributed by atoms with E-state index in [1.165, 1.54) is 0 Å². The fourth-order valence-corrected chi connectivity index (χ4v) is 3.55. The predicted molar refractivity (Wildman–Crippen MR) is 118 cm³/mol. The molecule has 0 bridgehead atoms. The van der Waals surface area contributed by atoms with Crippen molar-refractivity contribution in [1.29, 1.82) is 0 Å². The Morgan fingerprint density at radius 1 is 1.17 bits per heavy atom. The maximum Gasteiger partial charge on any atom is 0.257 e. The lowest BCUT2D eigenvalue weighted by atomic mass is 10.2. The second-order valence-electron chi connectivity index (χ2n) is 6.86. The highest BCUT2D eigenvalue weighted by molar-refractivity contribution is 6.34. The minimum absolute atomic E-state index is 0.0107. The van der Waals surface area contributed by atoms with Crippen LogP contribution < -0.4 is 11.1 Å². The van der Waals surface area contributed by atoms with Gasteiger partial charge in [-0.05, 0) is 43.7 Å². The highest BCUT2D eigenvalue weighted by Gasteiger charge is 2.26. The van der Waals surface area contributed by atoms with Gasteiger partial charge in [-0.2, -0.15) is 0 Å². The van der Waals surface area contributed by atoms with E-state index in [4.69, 9.17) is 38.9 Å². The number of rotatable bonds is 4. The Morgan fingerprint density at radius 2 is 1.86 bits per heavy atom. The molecule has 0 unspecified atom stereocenters. The molecule has 2 aromatic carbocycles. The number of nitrogens with two attached hydrogens (primary N) is 1. The molecule has 3 N–H and O–H groups in total. The molecule has 0 saturated carbocycles. The van der Waals surface area contributed by atoms with Crippen LogP contribution in [0.15, 0.2) is 42.5 Å². The van der Waals surface area contributed by atoms with Crippen LogP contribution in [0.4, 0.5) is 5.82 Å². The molecular weight excluding hydrogens is 409 g/mol. The zero-order valence-electron chi connectivity index (χ0n) is 15.9. The molecule has 1 atom stereocenters. The summed E-state index contributed by atoms with van der Waals surface area (Å²) >= 11 is 12.6. The molecule has 2 aromatic heterocycles. The zero-order chi connectivity index (χ0) is 20.7. The summed E-state index contributed by atoms with van der Waals surface area (Å²) < 4.78 is 1.63. The monoisotopic (exact) mass is 427 g/mol. The molecule has 0 aliphatic carbocycles. The number of nitrogen functional groups attached to an aromatic ring is 1. The smallest absolute Gasteiger partial charge is 0.257 e. The summed E-state index contributed by atoms with van der Waals surface area (Å²) in [6.45, 7) is 3.93. The summed E-state index contributed by atoms with van der Waals surface area (Å²) in [5, 5.41) is 3.88. The van der Waals surface area contributed by atoms with Gasteiger partial charge in [0.1, 0.15) is 16.9 Å². The van der Waals surface area contributed by atoms with Gasteiger partial charge in [-0.1, -0.05) is 42.3 Å². The Kier molecular flexibility index (Phi) is 5.06. The first-order chi connectivity index (χ1) is 13.9. The fourth-order valence-electron chi connectivity index (χ4n) is 3.18. The number of amides is 1. The van der Waals surface area contributed by atoms with Gasteiger partial charge >= 0.3 is 0 Å². The molecule has 0 aliphatic heterocycles. The minimum Gasteiger partial charge on any atom is -0.384 e. The number of para-hydroxylation sites is 2. The largest absolute Gasteiger partial charge is 0.384 e. The summed E-state index contributed by atoms with van der Waals surface area (Å²) in [7, 11) is 0. The van der Waals surface area contributed by atoms with Crippen LogP contribution in [0.3, 0.4) is 0 Å². The molecule has 4 aromatic rings. The van der Waals surface area contributed by atoms with Crippen molar-refractivity contribution < 1.29 is 4.79 Å².